The summed E-state index contributed by atoms with van der Waals surface area (Å²) >= 11 is 0. The number of piperidine rings is 1. The van der Waals surface area contributed by atoms with Crippen LogP contribution in [0.1, 0.15) is 36.0 Å². The molecule has 0 aliphatic carbocycles. The van der Waals surface area contributed by atoms with Crippen molar-refractivity contribution in [3.05, 3.63) is 132 Å². The van der Waals surface area contributed by atoms with Gasteiger partial charge in [0.1, 0.15) is 5.60 Å². The number of carbonyl (C=O) groups excluding carboxylic acids is 2. The number of nitrogens with zero attached hydrogens (tertiary/aromatic N) is 1. The van der Waals surface area contributed by atoms with Gasteiger partial charge in [-0.2, -0.15) is 0 Å². The van der Waals surface area contributed by atoms with Crippen LogP contribution in [-0.4, -0.2) is 30.0 Å². The number of benzene rings is 4. The van der Waals surface area contributed by atoms with Gasteiger partial charge >= 0.3 is 6.09 Å². The van der Waals surface area contributed by atoms with Gasteiger partial charge in [-0.25, -0.2) is 4.79 Å². The van der Waals surface area contributed by atoms with Crippen LogP contribution in [0.5, 0.6) is 0 Å². The number of ether oxygens (including phenoxy) is 1. The SMILES string of the molecule is O=C(NCc1cccc(-c2ccccc2)c1)OC1(c2ccccc2)CCN(C(=O)CCc2ccccc2)CC1. The second-order valence-corrected chi connectivity index (χ2v) is 10.0. The number of alkyl carbamates (subject to hydrolysis) is 1. The maximum Gasteiger partial charge on any atom is 0.408 e. The largest absolute Gasteiger partial charge is 0.438 e. The van der Waals surface area contributed by atoms with Gasteiger partial charge in [-0.3, -0.25) is 4.79 Å². The third-order valence-electron chi connectivity index (χ3n) is 7.45. The van der Waals surface area contributed by atoms with Crippen LogP contribution in [0.25, 0.3) is 11.1 Å². The first-order chi connectivity index (χ1) is 19.1. The second-order valence-electron chi connectivity index (χ2n) is 10.0. The molecule has 5 heteroatoms. The van der Waals surface area contributed by atoms with Crippen molar-refractivity contribution in [2.75, 3.05) is 13.1 Å². The van der Waals surface area contributed by atoms with E-state index in [-0.39, 0.29) is 5.91 Å². The molecule has 39 heavy (non-hydrogen) atoms. The molecular formula is C34H34N2O3. The van der Waals surface area contributed by atoms with E-state index in [1.165, 1.54) is 0 Å². The predicted molar refractivity (Wildman–Crippen MR) is 154 cm³/mol. The van der Waals surface area contributed by atoms with Crippen LogP contribution in [0.4, 0.5) is 4.79 Å². The van der Waals surface area contributed by atoms with Crippen molar-refractivity contribution >= 4 is 12.0 Å². The van der Waals surface area contributed by atoms with Crippen molar-refractivity contribution in [2.45, 2.75) is 37.8 Å². The topological polar surface area (TPSA) is 58.6 Å². The molecule has 1 aliphatic rings. The van der Waals surface area contributed by atoms with Crippen LogP contribution in [-0.2, 0) is 28.1 Å². The minimum Gasteiger partial charge on any atom is -0.438 e. The summed E-state index contributed by atoms with van der Waals surface area (Å²) in [4.78, 5) is 27.9. The lowest BCUT2D eigenvalue weighted by Crippen LogP contribution is -2.48. The maximum atomic E-state index is 13.1. The highest BCUT2D eigenvalue weighted by Gasteiger charge is 2.40. The molecule has 2 amide bonds. The Kier molecular flexibility index (Phi) is 8.37. The number of hydrogen-bond acceptors (Lipinski definition) is 3. The van der Waals surface area contributed by atoms with Crippen LogP contribution in [0.2, 0.25) is 0 Å². The first-order valence-corrected chi connectivity index (χ1v) is 13.6. The lowest BCUT2D eigenvalue weighted by Gasteiger charge is -2.41. The van der Waals surface area contributed by atoms with Gasteiger partial charge < -0.3 is 15.0 Å². The number of aryl methyl sites for hydroxylation is 1. The zero-order valence-corrected chi connectivity index (χ0v) is 22.1. The van der Waals surface area contributed by atoms with E-state index < -0.39 is 11.7 Å². The molecule has 1 fully saturated rings. The molecule has 1 N–H and O–H groups in total. The summed E-state index contributed by atoms with van der Waals surface area (Å²) < 4.78 is 6.17. The molecule has 0 radical (unpaired) electrons. The molecule has 0 aromatic heterocycles. The van der Waals surface area contributed by atoms with Gasteiger partial charge in [0.05, 0.1) is 0 Å². The predicted octanol–water partition coefficient (Wildman–Crippen LogP) is 6.73. The summed E-state index contributed by atoms with van der Waals surface area (Å²) in [7, 11) is 0. The number of hydrogen-bond donors (Lipinski definition) is 1. The molecule has 0 spiro atoms. The Hall–Kier alpha value is -4.38. The van der Waals surface area contributed by atoms with E-state index >= 15 is 0 Å². The average Bonchev–Trinajstić information content (AvgIpc) is 3.01. The molecule has 1 saturated heterocycles. The minimum atomic E-state index is -0.770. The summed E-state index contributed by atoms with van der Waals surface area (Å²) in [5.41, 5.74) is 4.59. The smallest absolute Gasteiger partial charge is 0.408 e. The van der Waals surface area contributed by atoms with E-state index in [4.69, 9.17) is 4.74 Å². The quantitative estimate of drug-likeness (QED) is 0.281. The summed E-state index contributed by atoms with van der Waals surface area (Å²) in [6.07, 6.45) is 1.87. The van der Waals surface area contributed by atoms with E-state index in [1.807, 2.05) is 95.9 Å². The first-order valence-electron chi connectivity index (χ1n) is 13.6. The molecule has 0 atom stereocenters. The van der Waals surface area contributed by atoms with Crippen LogP contribution >= 0.6 is 0 Å². The van der Waals surface area contributed by atoms with E-state index in [0.717, 1.165) is 34.2 Å². The van der Waals surface area contributed by atoms with Gasteiger partial charge in [0.25, 0.3) is 0 Å². The Morgan fingerprint density at radius 3 is 2.00 bits per heavy atom. The number of carbonyl (C=O) groups is 2. The first kappa shape index (κ1) is 26.2. The minimum absolute atomic E-state index is 0.142. The third kappa shape index (κ3) is 6.74. The summed E-state index contributed by atoms with van der Waals surface area (Å²) in [5.74, 6) is 0.142. The third-order valence-corrected chi connectivity index (χ3v) is 7.45. The Labute approximate surface area is 230 Å². The summed E-state index contributed by atoms with van der Waals surface area (Å²) in [6, 6.07) is 38.3. The van der Waals surface area contributed by atoms with Crippen LogP contribution in [0.15, 0.2) is 115 Å². The van der Waals surface area contributed by atoms with Gasteiger partial charge in [-0.1, -0.05) is 109 Å². The highest BCUT2D eigenvalue weighted by Crippen LogP contribution is 2.37. The van der Waals surface area contributed by atoms with Gasteiger partial charge in [0, 0.05) is 38.9 Å². The number of nitrogens with one attached hydrogen (secondary N) is 1. The van der Waals surface area contributed by atoms with Crippen LogP contribution < -0.4 is 5.32 Å². The highest BCUT2D eigenvalue weighted by molar-refractivity contribution is 5.76. The summed E-state index contributed by atoms with van der Waals surface area (Å²) in [5, 5.41) is 2.95. The average molecular weight is 519 g/mol. The van der Waals surface area contributed by atoms with Gasteiger partial charge in [0.15, 0.2) is 0 Å². The number of amides is 2. The van der Waals surface area contributed by atoms with Gasteiger partial charge in [0.2, 0.25) is 5.91 Å². The fourth-order valence-electron chi connectivity index (χ4n) is 5.24. The molecule has 0 saturated carbocycles. The molecule has 198 valence electrons. The zero-order valence-electron chi connectivity index (χ0n) is 22.1. The van der Waals surface area contributed by atoms with E-state index in [2.05, 4.69) is 29.6 Å². The Morgan fingerprint density at radius 2 is 1.31 bits per heavy atom. The molecular weight excluding hydrogens is 484 g/mol. The monoisotopic (exact) mass is 518 g/mol. The van der Waals surface area contributed by atoms with E-state index in [0.29, 0.717) is 38.9 Å². The van der Waals surface area contributed by atoms with E-state index in [1.54, 1.807) is 0 Å². The Balaban J connectivity index is 1.21. The number of rotatable bonds is 8. The molecule has 0 bridgehead atoms. The van der Waals surface area contributed by atoms with Gasteiger partial charge in [-0.05, 0) is 40.3 Å². The van der Waals surface area contributed by atoms with Gasteiger partial charge in [-0.15, -0.1) is 0 Å². The van der Waals surface area contributed by atoms with Crippen molar-refractivity contribution in [1.29, 1.82) is 0 Å². The zero-order chi connectivity index (χ0) is 26.9. The fraction of sp³-hybridized carbons (Fsp3) is 0.235. The Bertz CT molecular complexity index is 1370. The summed E-state index contributed by atoms with van der Waals surface area (Å²) in [6.45, 7) is 1.47. The fourth-order valence-corrected chi connectivity index (χ4v) is 5.24. The normalized spacial score (nSPS) is 14.4. The van der Waals surface area contributed by atoms with Crippen molar-refractivity contribution in [3.63, 3.8) is 0 Å². The van der Waals surface area contributed by atoms with Crippen LogP contribution in [0, 0.1) is 0 Å². The molecule has 1 aliphatic heterocycles. The molecule has 4 aromatic carbocycles. The number of likely N-dealkylation sites (tertiary alicyclic amines) is 1. The molecule has 1 heterocycles. The van der Waals surface area contributed by atoms with Crippen LogP contribution in [0.3, 0.4) is 0 Å². The van der Waals surface area contributed by atoms with Crippen molar-refractivity contribution < 1.29 is 14.3 Å². The van der Waals surface area contributed by atoms with Crippen molar-refractivity contribution in [3.8, 4) is 11.1 Å². The molecule has 4 aromatic rings. The highest BCUT2D eigenvalue weighted by atomic mass is 16.6. The molecule has 0 unspecified atom stereocenters. The lowest BCUT2D eigenvalue weighted by atomic mass is 9.84. The second kappa shape index (κ2) is 12.4. The van der Waals surface area contributed by atoms with Crippen molar-refractivity contribution in [1.82, 2.24) is 10.2 Å². The molecule has 5 rings (SSSR count). The standard InChI is InChI=1S/C34H34N2O3/c37-32(20-19-27-11-4-1-5-12-27)36-23-21-34(22-24-36,31-17-8-3-9-18-31)39-33(38)35-26-28-13-10-16-30(25-28)29-14-6-2-7-15-29/h1-18,25H,19-24,26H2,(H,35,38). The lowest BCUT2D eigenvalue weighted by molar-refractivity contribution is -0.135. The Morgan fingerprint density at radius 1 is 0.718 bits per heavy atom. The van der Waals surface area contributed by atoms with E-state index in [9.17, 15) is 9.59 Å². The maximum absolute atomic E-state index is 13.1. The molecule has 5 nitrogen and oxygen atoms in total. The van der Waals surface area contributed by atoms with Crippen molar-refractivity contribution in [2.24, 2.45) is 0 Å².